The molecule has 0 aliphatic heterocycles. The summed E-state index contributed by atoms with van der Waals surface area (Å²) in [7, 11) is 1.60. The lowest BCUT2D eigenvalue weighted by Crippen LogP contribution is -2.12. The van der Waals surface area contributed by atoms with Crippen molar-refractivity contribution >= 4 is 34.2 Å². The number of ether oxygens (including phenoxy) is 1. The second-order valence-corrected chi connectivity index (χ2v) is 6.15. The fourth-order valence-corrected chi connectivity index (χ4v) is 2.86. The van der Waals surface area contributed by atoms with Crippen LogP contribution in [-0.4, -0.2) is 23.0 Å². The van der Waals surface area contributed by atoms with Gasteiger partial charge in [0.2, 0.25) is 5.95 Å². The molecule has 0 saturated carbocycles. The molecule has 1 amide bonds. The fraction of sp³-hybridized carbons (Fsp3) is 0.0952. The number of nitrogens with zero attached hydrogens (tertiary/aromatic N) is 2. The third kappa shape index (κ3) is 3.50. The Kier molecular flexibility index (Phi) is 4.63. The van der Waals surface area contributed by atoms with Gasteiger partial charge in [-0.1, -0.05) is 0 Å². The SMILES string of the molecule is COc1ccc2oc(C(=O)Nc3ccc(Nc4ncccn4)cc3)c(C)c2c1. The van der Waals surface area contributed by atoms with Gasteiger partial charge in [0.05, 0.1) is 7.11 Å². The van der Waals surface area contributed by atoms with Crippen LogP contribution in [0.4, 0.5) is 17.3 Å². The summed E-state index contributed by atoms with van der Waals surface area (Å²) in [6, 6.07) is 14.5. The largest absolute Gasteiger partial charge is 0.497 e. The first kappa shape index (κ1) is 17.5. The number of rotatable bonds is 5. The van der Waals surface area contributed by atoms with Gasteiger partial charge in [-0.15, -0.1) is 0 Å². The Bertz CT molecular complexity index is 1120. The molecule has 0 aliphatic carbocycles. The van der Waals surface area contributed by atoms with Crippen molar-refractivity contribution in [1.29, 1.82) is 0 Å². The van der Waals surface area contributed by atoms with Crippen LogP contribution in [0.15, 0.2) is 65.3 Å². The van der Waals surface area contributed by atoms with Gasteiger partial charge in [-0.2, -0.15) is 0 Å². The highest BCUT2D eigenvalue weighted by atomic mass is 16.5. The van der Waals surface area contributed by atoms with Crippen molar-refractivity contribution in [2.75, 3.05) is 17.7 Å². The number of methoxy groups -OCH3 is 1. The van der Waals surface area contributed by atoms with Crippen molar-refractivity contribution in [2.45, 2.75) is 6.92 Å². The van der Waals surface area contributed by atoms with Crippen LogP contribution >= 0.6 is 0 Å². The summed E-state index contributed by atoms with van der Waals surface area (Å²) in [6.45, 7) is 1.85. The number of anilines is 3. The van der Waals surface area contributed by atoms with Crippen LogP contribution in [0.3, 0.4) is 0 Å². The number of aromatic nitrogens is 2. The van der Waals surface area contributed by atoms with Gasteiger partial charge >= 0.3 is 0 Å². The van der Waals surface area contributed by atoms with Crippen molar-refractivity contribution in [3.63, 3.8) is 0 Å². The van der Waals surface area contributed by atoms with Gasteiger partial charge in [-0.3, -0.25) is 4.79 Å². The Balaban J connectivity index is 1.50. The molecule has 140 valence electrons. The first-order chi connectivity index (χ1) is 13.6. The predicted octanol–water partition coefficient (Wildman–Crippen LogP) is 4.54. The molecule has 2 aromatic carbocycles. The smallest absolute Gasteiger partial charge is 0.291 e. The number of benzene rings is 2. The summed E-state index contributed by atoms with van der Waals surface area (Å²) in [6.07, 6.45) is 3.32. The highest BCUT2D eigenvalue weighted by Gasteiger charge is 2.18. The molecular weight excluding hydrogens is 356 g/mol. The van der Waals surface area contributed by atoms with Crippen LogP contribution < -0.4 is 15.4 Å². The highest BCUT2D eigenvalue weighted by molar-refractivity contribution is 6.06. The van der Waals surface area contributed by atoms with E-state index in [0.29, 0.717) is 23.0 Å². The summed E-state index contributed by atoms with van der Waals surface area (Å²) in [5.74, 6) is 1.20. The maximum absolute atomic E-state index is 12.7. The molecule has 0 fully saturated rings. The molecule has 0 aliphatic rings. The van der Waals surface area contributed by atoms with E-state index in [-0.39, 0.29) is 11.7 Å². The first-order valence-electron chi connectivity index (χ1n) is 8.66. The zero-order valence-corrected chi connectivity index (χ0v) is 15.4. The number of fused-ring (bicyclic) bond motifs is 1. The van der Waals surface area contributed by atoms with Gasteiger partial charge in [0.1, 0.15) is 11.3 Å². The van der Waals surface area contributed by atoms with E-state index in [1.54, 1.807) is 49.8 Å². The molecule has 0 unspecified atom stereocenters. The Morgan fingerprint density at radius 2 is 1.75 bits per heavy atom. The average molecular weight is 374 g/mol. The lowest BCUT2D eigenvalue weighted by molar-refractivity contribution is 0.0998. The van der Waals surface area contributed by atoms with Crippen LogP contribution in [0.2, 0.25) is 0 Å². The molecule has 2 N–H and O–H groups in total. The van der Waals surface area contributed by atoms with Crippen LogP contribution in [0, 0.1) is 6.92 Å². The van der Waals surface area contributed by atoms with Crippen molar-refractivity contribution in [2.24, 2.45) is 0 Å². The standard InChI is InChI=1S/C21H18N4O3/c1-13-17-12-16(27-2)8-9-18(17)28-19(13)20(26)24-14-4-6-15(7-5-14)25-21-22-10-3-11-23-21/h3-12H,1-2H3,(H,24,26)(H,22,23,25). The Morgan fingerprint density at radius 1 is 1.04 bits per heavy atom. The highest BCUT2D eigenvalue weighted by Crippen LogP contribution is 2.29. The third-order valence-electron chi connectivity index (χ3n) is 4.31. The van der Waals surface area contributed by atoms with Crippen molar-refractivity contribution in [3.8, 4) is 5.75 Å². The minimum Gasteiger partial charge on any atom is -0.497 e. The van der Waals surface area contributed by atoms with E-state index in [1.807, 2.05) is 25.1 Å². The summed E-state index contributed by atoms with van der Waals surface area (Å²) in [4.78, 5) is 20.9. The molecule has 2 aromatic heterocycles. The number of furan rings is 1. The normalized spacial score (nSPS) is 10.6. The summed E-state index contributed by atoms with van der Waals surface area (Å²) < 4.78 is 11.0. The molecule has 28 heavy (non-hydrogen) atoms. The number of carbonyl (C=O) groups is 1. The van der Waals surface area contributed by atoms with Crippen molar-refractivity contribution < 1.29 is 13.9 Å². The number of amides is 1. The molecule has 2 heterocycles. The van der Waals surface area contributed by atoms with Crippen LogP contribution in [0.1, 0.15) is 16.1 Å². The lowest BCUT2D eigenvalue weighted by Gasteiger charge is -2.07. The Labute approximate surface area is 161 Å². The molecule has 4 rings (SSSR count). The number of aryl methyl sites for hydroxylation is 1. The maximum Gasteiger partial charge on any atom is 0.291 e. The fourth-order valence-electron chi connectivity index (χ4n) is 2.86. The molecule has 4 aromatic rings. The van der Waals surface area contributed by atoms with Crippen LogP contribution in [-0.2, 0) is 0 Å². The monoisotopic (exact) mass is 374 g/mol. The first-order valence-corrected chi connectivity index (χ1v) is 8.66. The van der Waals surface area contributed by atoms with E-state index in [1.165, 1.54) is 0 Å². The van der Waals surface area contributed by atoms with E-state index < -0.39 is 0 Å². The van der Waals surface area contributed by atoms with Gasteiger partial charge in [0.25, 0.3) is 5.91 Å². The second-order valence-electron chi connectivity index (χ2n) is 6.15. The second kappa shape index (κ2) is 7.40. The summed E-state index contributed by atoms with van der Waals surface area (Å²) in [5, 5.41) is 6.80. The number of hydrogen-bond acceptors (Lipinski definition) is 6. The molecule has 0 bridgehead atoms. The molecule has 0 atom stereocenters. The molecule has 7 nitrogen and oxygen atoms in total. The van der Waals surface area contributed by atoms with E-state index in [4.69, 9.17) is 9.15 Å². The van der Waals surface area contributed by atoms with Crippen LogP contribution in [0.25, 0.3) is 11.0 Å². The van der Waals surface area contributed by atoms with Crippen molar-refractivity contribution in [1.82, 2.24) is 9.97 Å². The molecule has 0 spiro atoms. The van der Waals surface area contributed by atoms with Gasteiger partial charge in [-0.25, -0.2) is 9.97 Å². The van der Waals surface area contributed by atoms with Gasteiger partial charge < -0.3 is 19.8 Å². The maximum atomic E-state index is 12.7. The topological polar surface area (TPSA) is 89.3 Å². The predicted molar refractivity (Wildman–Crippen MR) is 107 cm³/mol. The third-order valence-corrected chi connectivity index (χ3v) is 4.31. The van der Waals surface area contributed by atoms with Gasteiger partial charge in [0.15, 0.2) is 5.76 Å². The lowest BCUT2D eigenvalue weighted by atomic mass is 10.1. The van der Waals surface area contributed by atoms with Gasteiger partial charge in [-0.05, 0) is 55.5 Å². The van der Waals surface area contributed by atoms with E-state index in [9.17, 15) is 4.79 Å². The summed E-state index contributed by atoms with van der Waals surface area (Å²) >= 11 is 0. The minimum absolute atomic E-state index is 0.281. The van der Waals surface area contributed by atoms with Crippen LogP contribution in [0.5, 0.6) is 5.75 Å². The average Bonchev–Trinajstić information content (AvgIpc) is 3.06. The van der Waals surface area contributed by atoms with E-state index in [2.05, 4.69) is 20.6 Å². The zero-order chi connectivity index (χ0) is 19.5. The van der Waals surface area contributed by atoms with E-state index >= 15 is 0 Å². The minimum atomic E-state index is -0.306. The number of hydrogen-bond donors (Lipinski definition) is 2. The number of carbonyl (C=O) groups excluding carboxylic acids is 1. The zero-order valence-electron chi connectivity index (χ0n) is 15.4. The molecule has 7 heteroatoms. The van der Waals surface area contributed by atoms with E-state index in [0.717, 1.165) is 16.6 Å². The Hall–Kier alpha value is -3.87. The van der Waals surface area contributed by atoms with Crippen molar-refractivity contribution in [3.05, 3.63) is 72.2 Å². The quantitative estimate of drug-likeness (QED) is 0.533. The Morgan fingerprint density at radius 3 is 2.46 bits per heavy atom. The number of nitrogens with one attached hydrogen (secondary N) is 2. The molecule has 0 radical (unpaired) electrons. The molecule has 0 saturated heterocycles. The van der Waals surface area contributed by atoms with Gasteiger partial charge in [0, 0.05) is 34.7 Å². The summed E-state index contributed by atoms with van der Waals surface area (Å²) in [5.41, 5.74) is 2.88. The molecular formula is C21H18N4O3.